The molecule has 0 radical (unpaired) electrons. The molecule has 0 aliphatic rings. The molecule has 0 fully saturated rings. The van der Waals surface area contributed by atoms with Crippen LogP contribution in [0.4, 0.5) is 0 Å². The van der Waals surface area contributed by atoms with Gasteiger partial charge < -0.3 is 5.11 Å². The zero-order chi connectivity index (χ0) is 10.0. The van der Waals surface area contributed by atoms with Gasteiger partial charge >= 0.3 is 5.97 Å². The predicted molar refractivity (Wildman–Crippen MR) is 50.3 cm³/mol. The quantitative estimate of drug-likeness (QED) is 0.797. The highest BCUT2D eigenvalue weighted by Gasteiger charge is 2.17. The van der Waals surface area contributed by atoms with Gasteiger partial charge in [-0.25, -0.2) is 4.79 Å². The summed E-state index contributed by atoms with van der Waals surface area (Å²) in [6.45, 7) is 3.76. The second-order valence-corrected chi connectivity index (χ2v) is 3.42. The van der Waals surface area contributed by atoms with E-state index in [4.69, 9.17) is 16.7 Å². The molecule has 13 heavy (non-hydrogen) atoms. The molecule has 70 valence electrons. The highest BCUT2D eigenvalue weighted by atomic mass is 35.5. The first-order chi connectivity index (χ1) is 6.04. The minimum Gasteiger partial charge on any atom is -0.478 e. The molecule has 1 heterocycles. The molecule has 0 saturated carbocycles. The number of carbonyl (C=O) groups is 1. The van der Waals surface area contributed by atoms with Crippen LogP contribution in [0.2, 0.25) is 5.02 Å². The van der Waals surface area contributed by atoms with Gasteiger partial charge in [0.1, 0.15) is 0 Å². The van der Waals surface area contributed by atoms with E-state index in [1.807, 2.05) is 13.8 Å². The summed E-state index contributed by atoms with van der Waals surface area (Å²) in [7, 11) is 0. The first-order valence-electron chi connectivity index (χ1n) is 3.91. The van der Waals surface area contributed by atoms with Crippen LogP contribution in [0, 0.1) is 0 Å². The smallest absolute Gasteiger partial charge is 0.339 e. The molecule has 1 rings (SSSR count). The van der Waals surface area contributed by atoms with Crippen LogP contribution in [0.15, 0.2) is 12.3 Å². The van der Waals surface area contributed by atoms with Gasteiger partial charge in [-0.3, -0.25) is 4.98 Å². The first kappa shape index (κ1) is 9.99. The Labute approximate surface area is 81.4 Å². The standard InChI is InChI=1S/C9H10ClNO2/c1-5(2)8-7(9(12)13)6(10)3-4-11-8/h3-5H,1-2H3,(H,12,13). The van der Waals surface area contributed by atoms with E-state index >= 15 is 0 Å². The van der Waals surface area contributed by atoms with Crippen LogP contribution in [-0.2, 0) is 0 Å². The van der Waals surface area contributed by atoms with Crippen LogP contribution in [0.5, 0.6) is 0 Å². The van der Waals surface area contributed by atoms with E-state index in [0.717, 1.165) is 0 Å². The van der Waals surface area contributed by atoms with Crippen molar-refractivity contribution in [1.29, 1.82) is 0 Å². The highest BCUT2D eigenvalue weighted by molar-refractivity contribution is 6.33. The number of hydrogen-bond donors (Lipinski definition) is 1. The Balaban J connectivity index is 3.34. The van der Waals surface area contributed by atoms with Gasteiger partial charge in [0.15, 0.2) is 0 Å². The Bertz CT molecular complexity index is 336. The third kappa shape index (κ3) is 1.98. The maximum absolute atomic E-state index is 10.8. The van der Waals surface area contributed by atoms with Crippen molar-refractivity contribution in [3.8, 4) is 0 Å². The molecule has 3 nitrogen and oxygen atoms in total. The summed E-state index contributed by atoms with van der Waals surface area (Å²) in [6, 6.07) is 1.48. The minimum absolute atomic E-state index is 0.0600. The fraction of sp³-hybridized carbons (Fsp3) is 0.333. The lowest BCUT2D eigenvalue weighted by atomic mass is 10.0. The summed E-state index contributed by atoms with van der Waals surface area (Å²) in [5.41, 5.74) is 0.638. The lowest BCUT2D eigenvalue weighted by Crippen LogP contribution is -2.06. The zero-order valence-electron chi connectivity index (χ0n) is 7.41. The summed E-state index contributed by atoms with van der Waals surface area (Å²) < 4.78 is 0. The van der Waals surface area contributed by atoms with Crippen LogP contribution in [-0.4, -0.2) is 16.1 Å². The van der Waals surface area contributed by atoms with Crippen molar-refractivity contribution in [1.82, 2.24) is 4.98 Å². The van der Waals surface area contributed by atoms with Gasteiger partial charge in [-0.1, -0.05) is 25.4 Å². The van der Waals surface area contributed by atoms with Crippen molar-refractivity contribution in [2.24, 2.45) is 0 Å². The lowest BCUT2D eigenvalue weighted by molar-refractivity contribution is 0.0695. The van der Waals surface area contributed by atoms with Crippen LogP contribution < -0.4 is 0 Å². The molecule has 1 N–H and O–H groups in total. The molecule has 0 spiro atoms. The average molecular weight is 200 g/mol. The lowest BCUT2D eigenvalue weighted by Gasteiger charge is -2.08. The Morgan fingerprint density at radius 2 is 2.23 bits per heavy atom. The van der Waals surface area contributed by atoms with Crippen molar-refractivity contribution in [3.63, 3.8) is 0 Å². The van der Waals surface area contributed by atoms with E-state index in [1.54, 1.807) is 0 Å². The number of aromatic nitrogens is 1. The Morgan fingerprint density at radius 1 is 1.62 bits per heavy atom. The maximum Gasteiger partial charge on any atom is 0.339 e. The predicted octanol–water partition coefficient (Wildman–Crippen LogP) is 2.56. The van der Waals surface area contributed by atoms with E-state index < -0.39 is 5.97 Å². The number of nitrogens with zero attached hydrogens (tertiary/aromatic N) is 1. The van der Waals surface area contributed by atoms with E-state index in [9.17, 15) is 4.79 Å². The molecule has 1 aromatic heterocycles. The van der Waals surface area contributed by atoms with Crippen molar-refractivity contribution >= 4 is 17.6 Å². The largest absolute Gasteiger partial charge is 0.478 e. The van der Waals surface area contributed by atoms with Gasteiger partial charge in [-0.15, -0.1) is 0 Å². The van der Waals surface area contributed by atoms with E-state index in [1.165, 1.54) is 12.3 Å². The molecule has 0 amide bonds. The molecule has 0 saturated heterocycles. The monoisotopic (exact) mass is 199 g/mol. The van der Waals surface area contributed by atoms with Gasteiger partial charge in [0, 0.05) is 6.20 Å². The normalized spacial score (nSPS) is 10.5. The summed E-state index contributed by atoms with van der Waals surface area (Å²) in [5.74, 6) is -0.966. The van der Waals surface area contributed by atoms with Gasteiger partial charge in [-0.05, 0) is 12.0 Å². The Hall–Kier alpha value is -1.09. The summed E-state index contributed by atoms with van der Waals surface area (Å²) in [5, 5.41) is 9.11. The van der Waals surface area contributed by atoms with Crippen LogP contribution >= 0.6 is 11.6 Å². The fourth-order valence-corrected chi connectivity index (χ4v) is 1.34. The van der Waals surface area contributed by atoms with E-state index in [2.05, 4.69) is 4.98 Å². The molecule has 0 aliphatic carbocycles. The number of aromatic carboxylic acids is 1. The number of halogens is 1. The second-order valence-electron chi connectivity index (χ2n) is 3.01. The number of carboxylic acids is 1. The molecule has 0 unspecified atom stereocenters. The third-order valence-electron chi connectivity index (χ3n) is 1.69. The molecule has 1 aromatic rings. The SMILES string of the molecule is CC(C)c1nccc(Cl)c1C(=O)O. The molecule has 0 atom stereocenters. The van der Waals surface area contributed by atoms with Gasteiger partial charge in [0.05, 0.1) is 16.3 Å². The van der Waals surface area contributed by atoms with Gasteiger partial charge in [0.25, 0.3) is 0 Å². The first-order valence-corrected chi connectivity index (χ1v) is 4.29. The maximum atomic E-state index is 10.8. The fourth-order valence-electron chi connectivity index (χ4n) is 1.10. The Kier molecular flexibility index (Phi) is 2.88. The molecular weight excluding hydrogens is 190 g/mol. The molecular formula is C9H10ClNO2. The van der Waals surface area contributed by atoms with Crippen molar-refractivity contribution in [2.45, 2.75) is 19.8 Å². The van der Waals surface area contributed by atoms with Gasteiger partial charge in [-0.2, -0.15) is 0 Å². The highest BCUT2D eigenvalue weighted by Crippen LogP contribution is 2.23. The number of rotatable bonds is 2. The minimum atomic E-state index is -1.03. The topological polar surface area (TPSA) is 50.2 Å². The number of pyridine rings is 1. The molecule has 4 heteroatoms. The van der Waals surface area contributed by atoms with Crippen LogP contribution in [0.3, 0.4) is 0 Å². The average Bonchev–Trinajstić information content (AvgIpc) is 2.02. The van der Waals surface area contributed by atoms with Crippen LogP contribution in [0.25, 0.3) is 0 Å². The van der Waals surface area contributed by atoms with Crippen molar-refractivity contribution < 1.29 is 9.90 Å². The molecule has 0 aromatic carbocycles. The zero-order valence-corrected chi connectivity index (χ0v) is 8.17. The van der Waals surface area contributed by atoms with E-state index in [-0.39, 0.29) is 16.5 Å². The van der Waals surface area contributed by atoms with Gasteiger partial charge in [0.2, 0.25) is 0 Å². The van der Waals surface area contributed by atoms with Crippen LogP contribution in [0.1, 0.15) is 35.8 Å². The third-order valence-corrected chi connectivity index (χ3v) is 2.01. The van der Waals surface area contributed by atoms with Crippen molar-refractivity contribution in [2.75, 3.05) is 0 Å². The number of carboxylic acid groups (broad SMARTS) is 1. The second kappa shape index (κ2) is 3.75. The van der Waals surface area contributed by atoms with Crippen molar-refractivity contribution in [3.05, 3.63) is 28.5 Å². The summed E-state index contributed by atoms with van der Waals surface area (Å²) in [4.78, 5) is 14.8. The summed E-state index contributed by atoms with van der Waals surface area (Å²) in [6.07, 6.45) is 1.52. The van der Waals surface area contributed by atoms with E-state index in [0.29, 0.717) is 5.69 Å². The molecule has 0 bridgehead atoms. The Morgan fingerprint density at radius 3 is 2.62 bits per heavy atom. The number of hydrogen-bond acceptors (Lipinski definition) is 2. The summed E-state index contributed by atoms with van der Waals surface area (Å²) >= 11 is 5.75. The molecule has 0 aliphatic heterocycles.